The maximum absolute atomic E-state index is 11.6. The van der Waals surface area contributed by atoms with E-state index in [2.05, 4.69) is 34.9 Å². The second kappa shape index (κ2) is 7.75. The van der Waals surface area contributed by atoms with E-state index < -0.39 is 58.3 Å². The minimum Gasteiger partial charge on any atom is -0.423 e. The minimum absolute atomic E-state index is 0.634. The molecule has 1 heterocycles. The van der Waals surface area contributed by atoms with Gasteiger partial charge in [-0.05, 0) is 15.9 Å². The summed E-state index contributed by atoms with van der Waals surface area (Å²) >= 11 is 2.33. The molecule has 1 aliphatic heterocycles. The van der Waals surface area contributed by atoms with Gasteiger partial charge in [0, 0.05) is 27.7 Å². The zero-order valence-corrected chi connectivity index (χ0v) is 17.1. The largest absolute Gasteiger partial charge is 0.423 e. The van der Waals surface area contributed by atoms with Crippen LogP contribution in [0.1, 0.15) is 27.7 Å². The Bertz CT molecular complexity index is 723. The summed E-state index contributed by atoms with van der Waals surface area (Å²) in [5, 5.41) is 53.1. The van der Waals surface area contributed by atoms with E-state index in [0.717, 1.165) is 6.92 Å². The molecule has 0 spiro atoms. The molecule has 15 heteroatoms. The molecule has 14 nitrogen and oxygen atoms in total. The number of hydrogen-bond donors (Lipinski definition) is 5. The highest BCUT2D eigenvalue weighted by Gasteiger charge is 2.90. The fourth-order valence-electron chi connectivity index (χ4n) is 2.59. The van der Waals surface area contributed by atoms with Crippen molar-refractivity contribution < 1.29 is 68.4 Å². The molecule has 0 radical (unpaired) electrons. The van der Waals surface area contributed by atoms with Crippen LogP contribution in [0.3, 0.4) is 0 Å². The van der Waals surface area contributed by atoms with Crippen LogP contribution in [0, 0.1) is 0 Å². The quantitative estimate of drug-likeness (QED) is 0.113. The van der Waals surface area contributed by atoms with Crippen molar-refractivity contribution in [1.29, 1.82) is 0 Å². The molecule has 5 N–H and O–H groups in total. The molecule has 0 unspecified atom stereocenters. The Hall–Kier alpha value is -1.88. The van der Waals surface area contributed by atoms with E-state index in [0.29, 0.717) is 20.8 Å². The number of carbonyl (C=O) groups excluding carboxylic acids is 4. The molecule has 0 saturated carbocycles. The molecule has 166 valence electrons. The second-order valence-electron chi connectivity index (χ2n) is 5.88. The lowest BCUT2D eigenvalue weighted by Crippen LogP contribution is -2.89. The summed E-state index contributed by atoms with van der Waals surface area (Å²) in [4.78, 5) is 46.2. The fraction of sp³-hybridized carbons (Fsp3) is 0.714. The highest BCUT2D eigenvalue weighted by molar-refractivity contribution is 9.10. The van der Waals surface area contributed by atoms with Crippen LogP contribution in [0.25, 0.3) is 0 Å². The number of esters is 4. The first-order valence-electron chi connectivity index (χ1n) is 7.61. The molecule has 1 saturated heterocycles. The second-order valence-corrected chi connectivity index (χ2v) is 6.96. The molecule has 0 bridgehead atoms. The van der Waals surface area contributed by atoms with Crippen molar-refractivity contribution in [1.82, 2.24) is 0 Å². The number of hydrogen-bond acceptors (Lipinski definition) is 14. The van der Waals surface area contributed by atoms with Crippen molar-refractivity contribution in [3.63, 3.8) is 0 Å². The number of alkyl halides is 1. The molecule has 0 aromatic rings. The Morgan fingerprint density at radius 1 is 0.724 bits per heavy atom. The maximum atomic E-state index is 11.6. The lowest BCUT2D eigenvalue weighted by Gasteiger charge is -2.60. The molecule has 0 aromatic carbocycles. The van der Waals surface area contributed by atoms with E-state index >= 15 is 0 Å². The van der Waals surface area contributed by atoms with Crippen LogP contribution in [0.4, 0.5) is 0 Å². The SMILES string of the molecule is CC(=O)O[C@]1(CO)O[C@@](O)(Br)[C@@](O)(OC(C)=O)[C@](O)(OC(C)=O)[C@@]1(O)OC(C)=O. The van der Waals surface area contributed by atoms with Crippen molar-refractivity contribution in [2.24, 2.45) is 0 Å². The fourth-order valence-corrected chi connectivity index (χ4v) is 3.20. The van der Waals surface area contributed by atoms with Gasteiger partial charge in [-0.15, -0.1) is 0 Å². The lowest BCUT2D eigenvalue weighted by molar-refractivity contribution is -0.582. The summed E-state index contributed by atoms with van der Waals surface area (Å²) in [6, 6.07) is 0. The van der Waals surface area contributed by atoms with Crippen LogP contribution >= 0.6 is 15.9 Å². The van der Waals surface area contributed by atoms with Gasteiger partial charge < -0.3 is 44.5 Å². The number of aliphatic hydroxyl groups is 5. The van der Waals surface area contributed by atoms with Crippen LogP contribution in [0.15, 0.2) is 0 Å². The zero-order valence-electron chi connectivity index (χ0n) is 15.5. The van der Waals surface area contributed by atoms with Crippen molar-refractivity contribution in [2.75, 3.05) is 6.61 Å². The number of aliphatic hydroxyl groups excluding tert-OH is 1. The highest BCUT2D eigenvalue weighted by Crippen LogP contribution is 2.57. The van der Waals surface area contributed by atoms with Gasteiger partial charge in [0.1, 0.15) is 6.61 Å². The predicted octanol–water partition coefficient (Wildman–Crippen LogP) is -2.94. The third kappa shape index (κ3) is 3.81. The molecule has 1 fully saturated rings. The number of carbonyl (C=O) groups is 4. The Labute approximate surface area is 171 Å². The molecule has 0 amide bonds. The molecule has 29 heavy (non-hydrogen) atoms. The van der Waals surface area contributed by atoms with E-state index in [1.165, 1.54) is 0 Å². The van der Waals surface area contributed by atoms with Crippen molar-refractivity contribution in [3.8, 4) is 0 Å². The van der Waals surface area contributed by atoms with E-state index in [4.69, 9.17) is 4.74 Å². The summed E-state index contributed by atoms with van der Waals surface area (Å²) in [7, 11) is 0. The summed E-state index contributed by atoms with van der Waals surface area (Å²) in [6.45, 7) is 1.02. The van der Waals surface area contributed by atoms with Crippen molar-refractivity contribution >= 4 is 39.8 Å². The summed E-state index contributed by atoms with van der Waals surface area (Å²) in [6.07, 6.45) is 0. The average molecular weight is 491 g/mol. The highest BCUT2D eigenvalue weighted by atomic mass is 79.9. The smallest absolute Gasteiger partial charge is 0.357 e. The van der Waals surface area contributed by atoms with Gasteiger partial charge in [-0.2, -0.15) is 0 Å². The Balaban J connectivity index is 4.04. The van der Waals surface area contributed by atoms with Crippen LogP contribution in [-0.2, 0) is 42.9 Å². The third-order valence-electron chi connectivity index (χ3n) is 3.54. The van der Waals surface area contributed by atoms with Crippen molar-refractivity contribution in [2.45, 2.75) is 55.5 Å². The van der Waals surface area contributed by atoms with Gasteiger partial charge in [0.2, 0.25) is 0 Å². The molecule has 0 aliphatic carbocycles. The van der Waals surface area contributed by atoms with Gasteiger partial charge in [-0.3, -0.25) is 23.9 Å². The Morgan fingerprint density at radius 2 is 1.07 bits per heavy atom. The van der Waals surface area contributed by atoms with E-state index in [9.17, 15) is 44.7 Å². The molecular weight excluding hydrogens is 472 g/mol. The van der Waals surface area contributed by atoms with Crippen LogP contribution < -0.4 is 0 Å². The maximum Gasteiger partial charge on any atom is 0.357 e. The monoisotopic (exact) mass is 490 g/mol. The number of ether oxygens (including phenoxy) is 5. The number of halogens is 1. The summed E-state index contributed by atoms with van der Waals surface area (Å²) in [5.74, 6) is -21.3. The lowest BCUT2D eigenvalue weighted by atomic mass is 9.84. The normalized spacial score (nSPS) is 39.2. The van der Waals surface area contributed by atoms with Crippen LogP contribution in [0.5, 0.6) is 0 Å². The summed E-state index contributed by atoms with van der Waals surface area (Å²) < 4.78 is 19.3. The van der Waals surface area contributed by atoms with Gasteiger partial charge in [-0.25, -0.2) is 0 Å². The standard InChI is InChI=1S/C14H19BrO14/c1-6(17)25-10(5-16)11(21,26-7(2)18)12(22,27-8(3)19)13(23,28-9(4)20)14(15,24)29-10/h16,21-24H,5H2,1-4H3/t10-,11+,12-,13+,14-/m1/s1. The van der Waals surface area contributed by atoms with Crippen LogP contribution in [-0.4, -0.2) is 83.9 Å². The molecule has 1 rings (SSSR count). The number of rotatable bonds is 5. The molecule has 0 aromatic heterocycles. The van der Waals surface area contributed by atoms with Gasteiger partial charge in [0.05, 0.1) is 0 Å². The first-order valence-corrected chi connectivity index (χ1v) is 8.40. The van der Waals surface area contributed by atoms with Gasteiger partial charge in [0.25, 0.3) is 0 Å². The van der Waals surface area contributed by atoms with E-state index in [1.807, 2.05) is 0 Å². The predicted molar refractivity (Wildman–Crippen MR) is 86.7 cm³/mol. The Morgan fingerprint density at radius 3 is 1.41 bits per heavy atom. The van der Waals surface area contributed by atoms with Crippen molar-refractivity contribution in [3.05, 3.63) is 0 Å². The van der Waals surface area contributed by atoms with Gasteiger partial charge in [-0.1, -0.05) is 0 Å². The minimum atomic E-state index is -4.15. The third-order valence-corrected chi connectivity index (χ3v) is 4.24. The molecular formula is C14H19BrO14. The van der Waals surface area contributed by atoms with Gasteiger partial charge in [0.15, 0.2) is 0 Å². The summed E-state index contributed by atoms with van der Waals surface area (Å²) in [5.41, 5.74) is 0. The molecule has 1 aliphatic rings. The average Bonchev–Trinajstić information content (AvgIpc) is 2.49. The first-order chi connectivity index (χ1) is 12.9. The Kier molecular flexibility index (Phi) is 6.72. The first kappa shape index (κ1) is 25.2. The van der Waals surface area contributed by atoms with Crippen LogP contribution in [0.2, 0.25) is 0 Å². The topological polar surface area (TPSA) is 216 Å². The zero-order chi connectivity index (χ0) is 23.1. The van der Waals surface area contributed by atoms with E-state index in [1.54, 1.807) is 0 Å². The van der Waals surface area contributed by atoms with E-state index in [-0.39, 0.29) is 0 Å². The molecule has 5 atom stereocenters. The van der Waals surface area contributed by atoms with Gasteiger partial charge >= 0.3 is 51.7 Å².